The Hall–Kier alpha value is -0.730. The lowest BCUT2D eigenvalue weighted by atomic mass is 10.1. The zero-order valence-electron chi connectivity index (χ0n) is 10.3. The van der Waals surface area contributed by atoms with E-state index in [1.54, 1.807) is 0 Å². The Kier molecular flexibility index (Phi) is 4.69. The predicted octanol–water partition coefficient (Wildman–Crippen LogP) is 3.97. The molecule has 2 nitrogen and oxygen atoms in total. The molecule has 2 rings (SSSR count). The van der Waals surface area contributed by atoms with Gasteiger partial charge in [-0.25, -0.2) is 0 Å². The van der Waals surface area contributed by atoms with Crippen molar-refractivity contribution in [2.24, 2.45) is 0 Å². The van der Waals surface area contributed by atoms with Crippen LogP contribution in [0.2, 0.25) is 0 Å². The van der Waals surface area contributed by atoms with Crippen LogP contribution in [0.25, 0.3) is 0 Å². The average molecular weight is 254 g/mol. The minimum Gasteiger partial charge on any atom is -0.382 e. The first-order valence-corrected chi connectivity index (χ1v) is 6.79. The fraction of sp³-hybridized carbons (Fsp3) is 0.571. The maximum atomic E-state index is 6.16. The Morgan fingerprint density at radius 1 is 1.41 bits per heavy atom. The van der Waals surface area contributed by atoms with E-state index in [2.05, 4.69) is 17.4 Å². The van der Waals surface area contributed by atoms with Gasteiger partial charge in [0.05, 0.1) is 11.5 Å². The first kappa shape index (κ1) is 12.7. The molecule has 0 saturated carbocycles. The Balaban J connectivity index is 1.93. The summed E-state index contributed by atoms with van der Waals surface area (Å²) in [7, 11) is 0. The number of ether oxygens (including phenoxy) is 1. The lowest BCUT2D eigenvalue weighted by Crippen LogP contribution is -2.27. The van der Waals surface area contributed by atoms with E-state index in [0.717, 1.165) is 30.8 Å². The molecule has 1 aliphatic rings. The van der Waals surface area contributed by atoms with Crippen molar-refractivity contribution in [3.63, 3.8) is 0 Å². The smallest absolute Gasteiger partial charge is 0.0747 e. The Morgan fingerprint density at radius 2 is 2.24 bits per heavy atom. The fourth-order valence-electron chi connectivity index (χ4n) is 2.20. The van der Waals surface area contributed by atoms with Gasteiger partial charge < -0.3 is 10.1 Å². The number of hydrogen-bond acceptors (Lipinski definition) is 2. The maximum absolute atomic E-state index is 6.16. The molecule has 0 aromatic heterocycles. The van der Waals surface area contributed by atoms with Crippen molar-refractivity contribution >= 4 is 17.3 Å². The van der Waals surface area contributed by atoms with Crippen molar-refractivity contribution < 1.29 is 4.74 Å². The van der Waals surface area contributed by atoms with E-state index in [1.807, 2.05) is 19.1 Å². The van der Waals surface area contributed by atoms with Crippen LogP contribution in [-0.4, -0.2) is 19.3 Å². The molecule has 0 aliphatic carbocycles. The van der Waals surface area contributed by atoms with Crippen LogP contribution in [0.1, 0.15) is 37.1 Å². The number of anilines is 1. The van der Waals surface area contributed by atoms with Crippen molar-refractivity contribution in [2.45, 2.75) is 37.7 Å². The van der Waals surface area contributed by atoms with Gasteiger partial charge in [0.2, 0.25) is 0 Å². The van der Waals surface area contributed by atoms with Crippen molar-refractivity contribution in [3.05, 3.63) is 29.8 Å². The molecule has 94 valence electrons. The molecule has 1 aromatic rings. The highest BCUT2D eigenvalue weighted by molar-refractivity contribution is 6.21. The third kappa shape index (κ3) is 3.62. The zero-order chi connectivity index (χ0) is 12.1. The number of rotatable bonds is 4. The summed E-state index contributed by atoms with van der Waals surface area (Å²) in [5.74, 6) is 0. The largest absolute Gasteiger partial charge is 0.382 e. The van der Waals surface area contributed by atoms with Gasteiger partial charge in [-0.15, -0.1) is 11.6 Å². The third-order valence-electron chi connectivity index (χ3n) is 3.18. The molecule has 2 atom stereocenters. The Bertz CT molecular complexity index is 348. The third-order valence-corrected chi connectivity index (χ3v) is 3.42. The standard InChI is InChI=1S/C14H20ClNO/c1-11(15)13-7-2-3-8-14(13)16-10-12-6-4-5-9-17-12/h2-3,7-8,11-12,16H,4-6,9-10H2,1H3. The van der Waals surface area contributed by atoms with Gasteiger partial charge in [-0.2, -0.15) is 0 Å². The predicted molar refractivity (Wildman–Crippen MR) is 72.8 cm³/mol. The molecule has 1 N–H and O–H groups in total. The van der Waals surface area contributed by atoms with Gasteiger partial charge in [-0.05, 0) is 37.8 Å². The molecule has 2 unspecified atom stereocenters. The molecule has 0 radical (unpaired) electrons. The molecule has 1 aliphatic heterocycles. The molecular formula is C14H20ClNO. The van der Waals surface area contributed by atoms with Gasteiger partial charge in [0.25, 0.3) is 0 Å². The number of hydrogen-bond donors (Lipinski definition) is 1. The normalized spacial score (nSPS) is 22.1. The molecule has 0 bridgehead atoms. The molecule has 1 heterocycles. The second-order valence-corrected chi connectivity index (χ2v) is 5.23. The minimum atomic E-state index is 0.0333. The van der Waals surface area contributed by atoms with Crippen molar-refractivity contribution in [1.82, 2.24) is 0 Å². The summed E-state index contributed by atoms with van der Waals surface area (Å²) in [6.45, 7) is 3.78. The lowest BCUT2D eigenvalue weighted by Gasteiger charge is -2.24. The summed E-state index contributed by atoms with van der Waals surface area (Å²) in [6, 6.07) is 8.21. The van der Waals surface area contributed by atoms with Crippen LogP contribution in [0.5, 0.6) is 0 Å². The van der Waals surface area contributed by atoms with Crippen LogP contribution in [0, 0.1) is 0 Å². The van der Waals surface area contributed by atoms with Crippen molar-refractivity contribution in [2.75, 3.05) is 18.5 Å². The SMILES string of the molecule is CC(Cl)c1ccccc1NCC1CCCCO1. The van der Waals surface area contributed by atoms with E-state index in [1.165, 1.54) is 12.8 Å². The van der Waals surface area contributed by atoms with Crippen LogP contribution >= 0.6 is 11.6 Å². The van der Waals surface area contributed by atoms with Crippen LogP contribution in [0.15, 0.2) is 24.3 Å². The van der Waals surface area contributed by atoms with E-state index >= 15 is 0 Å². The topological polar surface area (TPSA) is 21.3 Å². The molecule has 1 fully saturated rings. The first-order chi connectivity index (χ1) is 8.27. The number of benzene rings is 1. The van der Waals surface area contributed by atoms with E-state index in [9.17, 15) is 0 Å². The van der Waals surface area contributed by atoms with Gasteiger partial charge in [-0.3, -0.25) is 0 Å². The van der Waals surface area contributed by atoms with Crippen molar-refractivity contribution in [3.8, 4) is 0 Å². The van der Waals surface area contributed by atoms with Crippen LogP contribution in [-0.2, 0) is 4.74 Å². The molecular weight excluding hydrogens is 234 g/mol. The summed E-state index contributed by atoms with van der Waals surface area (Å²) in [5.41, 5.74) is 2.29. The summed E-state index contributed by atoms with van der Waals surface area (Å²) >= 11 is 6.16. The quantitative estimate of drug-likeness (QED) is 0.820. The van der Waals surface area contributed by atoms with Gasteiger partial charge in [0.1, 0.15) is 0 Å². The second-order valence-electron chi connectivity index (χ2n) is 4.57. The number of para-hydroxylation sites is 1. The van der Waals surface area contributed by atoms with E-state index < -0.39 is 0 Å². The molecule has 3 heteroatoms. The molecule has 1 saturated heterocycles. The molecule has 0 amide bonds. The van der Waals surface area contributed by atoms with E-state index in [0.29, 0.717) is 6.10 Å². The fourth-order valence-corrected chi connectivity index (χ4v) is 2.39. The highest BCUT2D eigenvalue weighted by Crippen LogP contribution is 2.27. The first-order valence-electron chi connectivity index (χ1n) is 6.36. The minimum absolute atomic E-state index is 0.0333. The van der Waals surface area contributed by atoms with Crippen molar-refractivity contribution in [1.29, 1.82) is 0 Å². The van der Waals surface area contributed by atoms with Gasteiger partial charge in [0.15, 0.2) is 0 Å². The lowest BCUT2D eigenvalue weighted by molar-refractivity contribution is 0.0247. The number of alkyl halides is 1. The monoisotopic (exact) mass is 253 g/mol. The second kappa shape index (κ2) is 6.27. The molecule has 1 aromatic carbocycles. The van der Waals surface area contributed by atoms with E-state index in [-0.39, 0.29) is 5.38 Å². The van der Waals surface area contributed by atoms with Gasteiger partial charge in [-0.1, -0.05) is 18.2 Å². The van der Waals surface area contributed by atoms with Crippen LogP contribution in [0.3, 0.4) is 0 Å². The summed E-state index contributed by atoms with van der Waals surface area (Å²) < 4.78 is 5.70. The number of nitrogens with one attached hydrogen (secondary N) is 1. The summed E-state index contributed by atoms with van der Waals surface area (Å²) in [6.07, 6.45) is 3.99. The van der Waals surface area contributed by atoms with Gasteiger partial charge >= 0.3 is 0 Å². The summed E-state index contributed by atoms with van der Waals surface area (Å²) in [4.78, 5) is 0. The van der Waals surface area contributed by atoms with Gasteiger partial charge in [0, 0.05) is 18.8 Å². The molecule has 0 spiro atoms. The maximum Gasteiger partial charge on any atom is 0.0747 e. The zero-order valence-corrected chi connectivity index (χ0v) is 11.0. The Labute approximate surface area is 108 Å². The molecule has 17 heavy (non-hydrogen) atoms. The highest BCUT2D eigenvalue weighted by atomic mass is 35.5. The highest BCUT2D eigenvalue weighted by Gasteiger charge is 2.14. The average Bonchev–Trinajstić information content (AvgIpc) is 2.38. The Morgan fingerprint density at radius 3 is 2.94 bits per heavy atom. The number of halogens is 1. The summed E-state index contributed by atoms with van der Waals surface area (Å²) in [5, 5.41) is 3.49. The van der Waals surface area contributed by atoms with Crippen LogP contribution < -0.4 is 5.32 Å². The van der Waals surface area contributed by atoms with Crippen LogP contribution in [0.4, 0.5) is 5.69 Å². The van der Waals surface area contributed by atoms with E-state index in [4.69, 9.17) is 16.3 Å².